The van der Waals surface area contributed by atoms with E-state index in [0.29, 0.717) is 0 Å². The fraction of sp³-hybridized carbons (Fsp3) is 0. The first-order valence-corrected chi connectivity index (χ1v) is 23.7. The van der Waals surface area contributed by atoms with Crippen molar-refractivity contribution in [3.05, 3.63) is 218 Å². The van der Waals surface area contributed by atoms with E-state index >= 15 is 0 Å². The van der Waals surface area contributed by atoms with E-state index < -0.39 is 0 Å². The Morgan fingerprint density at radius 1 is 0.373 bits per heavy atom. The Kier molecular flexibility index (Phi) is 7.66. The predicted molar refractivity (Wildman–Crippen MR) is 285 cm³/mol. The van der Waals surface area contributed by atoms with Gasteiger partial charge in [-0.05, 0) is 114 Å². The van der Waals surface area contributed by atoms with E-state index in [1.807, 2.05) is 23.5 Å². The van der Waals surface area contributed by atoms with Gasteiger partial charge in [0, 0.05) is 37.2 Å². The van der Waals surface area contributed by atoms with E-state index in [2.05, 4.69) is 211 Å². The summed E-state index contributed by atoms with van der Waals surface area (Å²) in [6, 6.07) is 79.8. The smallest absolute Gasteiger partial charge is 0.156 e. The van der Waals surface area contributed by atoms with Crippen LogP contribution in [0.3, 0.4) is 0 Å². The zero-order valence-electron chi connectivity index (χ0n) is 36.0. The number of fused-ring (bicyclic) bond motifs is 15. The second-order valence-corrected chi connectivity index (χ2v) is 18.9. The summed E-state index contributed by atoms with van der Waals surface area (Å²) in [5.74, 6) is 0. The van der Waals surface area contributed by atoms with E-state index in [1.165, 1.54) is 85.5 Å². The van der Waals surface area contributed by atoms with E-state index in [4.69, 9.17) is 9.40 Å². The second-order valence-electron chi connectivity index (χ2n) is 17.8. The number of rotatable bonds is 4. The van der Waals surface area contributed by atoms with Crippen molar-refractivity contribution in [2.45, 2.75) is 0 Å². The van der Waals surface area contributed by atoms with Gasteiger partial charge >= 0.3 is 0 Å². The van der Waals surface area contributed by atoms with Gasteiger partial charge in [0.25, 0.3) is 0 Å². The Morgan fingerprint density at radius 3 is 1.64 bits per heavy atom. The van der Waals surface area contributed by atoms with Crippen LogP contribution in [0.1, 0.15) is 0 Å². The number of hydrogen-bond acceptors (Lipinski definition) is 3. The zero-order chi connectivity index (χ0) is 43.7. The van der Waals surface area contributed by atoms with Crippen molar-refractivity contribution >= 4 is 113 Å². The molecule has 0 saturated heterocycles. The lowest BCUT2D eigenvalue weighted by Crippen LogP contribution is -1.93. The summed E-state index contributed by atoms with van der Waals surface area (Å²) in [5.41, 5.74) is 14.3. The highest BCUT2D eigenvalue weighted by atomic mass is 32.1. The largest absolute Gasteiger partial charge is 0.455 e. The van der Waals surface area contributed by atoms with E-state index in [1.54, 1.807) is 0 Å². The maximum atomic E-state index is 6.39. The molecule has 4 heteroatoms. The molecule has 0 aliphatic rings. The van der Waals surface area contributed by atoms with Crippen molar-refractivity contribution in [2.75, 3.05) is 0 Å². The van der Waals surface area contributed by atoms with Crippen molar-refractivity contribution < 1.29 is 4.42 Å². The van der Waals surface area contributed by atoms with Gasteiger partial charge in [-0.3, -0.25) is 4.40 Å². The van der Waals surface area contributed by atoms with Crippen LogP contribution in [-0.2, 0) is 0 Å². The molecule has 0 fully saturated rings. The van der Waals surface area contributed by atoms with Gasteiger partial charge in [0.15, 0.2) is 5.65 Å². The average molecular weight is 869 g/mol. The average Bonchev–Trinajstić information content (AvgIpc) is 4.09. The van der Waals surface area contributed by atoms with Crippen LogP contribution in [0, 0.1) is 0 Å². The van der Waals surface area contributed by atoms with E-state index in [9.17, 15) is 0 Å². The summed E-state index contributed by atoms with van der Waals surface area (Å²) in [5, 5.41) is 14.6. The Hall–Kier alpha value is -8.57. The summed E-state index contributed by atoms with van der Waals surface area (Å²) < 4.78 is 11.3. The summed E-state index contributed by atoms with van der Waals surface area (Å²) >= 11 is 1.85. The second kappa shape index (κ2) is 14.0. The molecule has 4 heterocycles. The molecule has 310 valence electrons. The first kappa shape index (κ1) is 36.7. The van der Waals surface area contributed by atoms with Crippen molar-refractivity contribution in [2.24, 2.45) is 0 Å². The van der Waals surface area contributed by atoms with Gasteiger partial charge in [0.2, 0.25) is 0 Å². The molecule has 0 amide bonds. The molecular formula is C63H36N2OS. The molecule has 0 radical (unpaired) electrons. The summed E-state index contributed by atoms with van der Waals surface area (Å²) in [6.45, 7) is 0. The molecule has 0 aliphatic carbocycles. The SMILES string of the molecule is c1ccc2cc3c(ccc4c3nc3c5sc6cc7ccccc7cc6c5cc(-c5ccc(-c6ccc(-c7ccc(-c8cccc9c8oc8ccccc89)cc7)c7ccccc67)cc5)n43)cc2c1. The van der Waals surface area contributed by atoms with Crippen molar-refractivity contribution in [3.8, 4) is 44.6 Å². The van der Waals surface area contributed by atoms with Gasteiger partial charge in [-0.25, -0.2) is 4.98 Å². The molecular weight excluding hydrogens is 833 g/mol. The maximum absolute atomic E-state index is 6.39. The van der Waals surface area contributed by atoms with Crippen LogP contribution in [0.2, 0.25) is 0 Å². The molecule has 3 nitrogen and oxygen atoms in total. The minimum absolute atomic E-state index is 0.914. The molecule has 67 heavy (non-hydrogen) atoms. The molecule has 15 aromatic rings. The highest BCUT2D eigenvalue weighted by Gasteiger charge is 2.21. The lowest BCUT2D eigenvalue weighted by atomic mass is 9.91. The Bertz CT molecular complexity index is 4550. The van der Waals surface area contributed by atoms with Crippen molar-refractivity contribution in [3.63, 3.8) is 0 Å². The molecule has 0 N–H and O–H groups in total. The van der Waals surface area contributed by atoms with Crippen LogP contribution in [0.4, 0.5) is 0 Å². The van der Waals surface area contributed by atoms with Gasteiger partial charge in [0.1, 0.15) is 11.2 Å². The van der Waals surface area contributed by atoms with E-state index in [-0.39, 0.29) is 0 Å². The minimum Gasteiger partial charge on any atom is -0.455 e. The normalized spacial score (nSPS) is 12.2. The third-order valence-corrected chi connectivity index (χ3v) is 15.3. The number of nitrogens with zero attached hydrogens (tertiary/aromatic N) is 2. The number of furan rings is 1. The number of para-hydroxylation sites is 2. The van der Waals surface area contributed by atoms with Gasteiger partial charge < -0.3 is 4.42 Å². The minimum atomic E-state index is 0.914. The molecule has 0 unspecified atom stereocenters. The predicted octanol–water partition coefficient (Wildman–Crippen LogP) is 18.0. The Labute approximate surface area is 388 Å². The highest BCUT2D eigenvalue weighted by Crippen LogP contribution is 2.44. The molecule has 15 rings (SSSR count). The first-order chi connectivity index (χ1) is 33.2. The van der Waals surface area contributed by atoms with Gasteiger partial charge in [-0.2, -0.15) is 0 Å². The zero-order valence-corrected chi connectivity index (χ0v) is 36.8. The van der Waals surface area contributed by atoms with Crippen LogP contribution in [0.15, 0.2) is 223 Å². The topological polar surface area (TPSA) is 30.4 Å². The van der Waals surface area contributed by atoms with Gasteiger partial charge in [-0.15, -0.1) is 11.3 Å². The molecule has 0 aliphatic heterocycles. The molecule has 0 saturated carbocycles. The number of benzene rings is 11. The summed E-state index contributed by atoms with van der Waals surface area (Å²) in [4.78, 5) is 5.57. The van der Waals surface area contributed by atoms with Crippen LogP contribution >= 0.6 is 11.3 Å². The molecule has 11 aromatic carbocycles. The third-order valence-electron chi connectivity index (χ3n) is 14.2. The fourth-order valence-corrected chi connectivity index (χ4v) is 12.1. The first-order valence-electron chi connectivity index (χ1n) is 22.8. The molecule has 4 aromatic heterocycles. The number of aromatic nitrogens is 2. The van der Waals surface area contributed by atoms with Crippen molar-refractivity contribution in [1.29, 1.82) is 0 Å². The fourth-order valence-electron chi connectivity index (χ4n) is 10.9. The number of pyridine rings is 1. The molecule has 0 atom stereocenters. The number of thiophene rings is 1. The van der Waals surface area contributed by atoms with Gasteiger partial charge in [-0.1, -0.05) is 176 Å². The maximum Gasteiger partial charge on any atom is 0.156 e. The van der Waals surface area contributed by atoms with E-state index in [0.717, 1.165) is 61.0 Å². The third kappa shape index (κ3) is 5.48. The van der Waals surface area contributed by atoms with Crippen LogP contribution in [0.25, 0.3) is 147 Å². The van der Waals surface area contributed by atoms with Crippen LogP contribution in [0.5, 0.6) is 0 Å². The molecule has 0 spiro atoms. The quantitative estimate of drug-likeness (QED) is 0.165. The van der Waals surface area contributed by atoms with Crippen molar-refractivity contribution in [1.82, 2.24) is 9.38 Å². The number of hydrogen-bond donors (Lipinski definition) is 0. The Morgan fingerprint density at radius 2 is 0.940 bits per heavy atom. The van der Waals surface area contributed by atoms with Crippen LogP contribution in [-0.4, -0.2) is 9.38 Å². The summed E-state index contributed by atoms with van der Waals surface area (Å²) in [6.07, 6.45) is 0. The highest BCUT2D eigenvalue weighted by molar-refractivity contribution is 7.26. The lowest BCUT2D eigenvalue weighted by Gasteiger charge is -2.14. The number of imidazole rings is 1. The standard InChI is InChI=1S/C63H36N2OS/c1-2-11-42-33-53-45(32-41(42)10-1)28-31-56-60(53)64-63-62-55(54-34-43-12-3-4-13-44(43)35-59(54)67-62)36-57(65(56)63)40-26-24-38(25-27-40)47-30-29-46(49-14-5-6-15-50(47)49)37-20-22-39(23-21-37)48-17-9-18-52-51-16-7-8-19-58(51)66-61(48)52/h1-36H. The molecule has 0 bridgehead atoms. The monoisotopic (exact) mass is 868 g/mol. The summed E-state index contributed by atoms with van der Waals surface area (Å²) in [7, 11) is 0. The van der Waals surface area contributed by atoms with Crippen LogP contribution < -0.4 is 0 Å². The van der Waals surface area contributed by atoms with Gasteiger partial charge in [0.05, 0.1) is 21.4 Å². The Balaban J connectivity index is 0.862. The lowest BCUT2D eigenvalue weighted by molar-refractivity contribution is 0.670.